The Morgan fingerprint density at radius 3 is 1.11 bits per heavy atom. The molecule has 0 amide bonds. The first-order chi connectivity index (χ1) is 5.77. The van der Waals surface area contributed by atoms with Crippen molar-refractivity contribution < 1.29 is 0 Å². The van der Waals surface area contributed by atoms with Crippen LogP contribution in [0.25, 0.3) is 0 Å². The van der Waals surface area contributed by atoms with Crippen LogP contribution in [-0.2, 0) is 0 Å². The molecule has 0 rings (SSSR count). The maximum atomic E-state index is 7.36. The first kappa shape index (κ1) is 5.51. The molecule has 0 saturated heterocycles. The van der Waals surface area contributed by atoms with Gasteiger partial charge in [-0.15, -0.1) is 0 Å². The van der Waals surface area contributed by atoms with E-state index in [4.69, 9.17) is 31.4 Å². The van der Waals surface area contributed by atoms with E-state index in [0.29, 0.717) is 0 Å². The van der Waals surface area contributed by atoms with Gasteiger partial charge in [-0.25, -0.2) is 0 Å². The van der Waals surface area contributed by atoms with Gasteiger partial charge < -0.3 is 0 Å². The molecule has 0 bridgehead atoms. The van der Waals surface area contributed by atoms with Crippen molar-refractivity contribution in [3.05, 3.63) is 0 Å². The molecule has 0 aromatic rings. The van der Waals surface area contributed by atoms with Gasteiger partial charge in [-0.2, -0.15) is 0 Å². The van der Waals surface area contributed by atoms with Gasteiger partial charge in [-0.3, -0.25) is 0 Å². The zero-order valence-corrected chi connectivity index (χ0v) is 8.71. The summed E-state index contributed by atoms with van der Waals surface area (Å²) in [5, 5.41) is 0. The van der Waals surface area contributed by atoms with Crippen molar-refractivity contribution in [3.8, 4) is 0 Å². The molecule has 9 heteroatoms. The molecule has 0 heterocycles. The Labute approximate surface area is 78.1 Å². The summed E-state index contributed by atoms with van der Waals surface area (Å²) in [6.45, 7) is 21.4. The molecular weight excluding hydrogens is 200 g/mol. The third-order valence-electron chi connectivity index (χ3n) is 0.577. The van der Waals surface area contributed by atoms with Crippen molar-refractivity contribution in [2.24, 2.45) is 0 Å². The molecule has 0 nitrogen and oxygen atoms in total. The minimum atomic E-state index is -3.22. The Bertz CT molecular complexity index is 239. The maximum absolute atomic E-state index is 7.36. The van der Waals surface area contributed by atoms with Crippen molar-refractivity contribution in [3.63, 3.8) is 0 Å². The van der Waals surface area contributed by atoms with E-state index in [1.54, 1.807) is 0 Å². The first-order valence-corrected chi connectivity index (χ1v) is 10.2. The normalized spacial score (nSPS) is 36.9. The summed E-state index contributed by atoms with van der Waals surface area (Å²) in [6.07, 6.45) is 0. The zero-order chi connectivity index (χ0) is 10.8. The predicted molar refractivity (Wildman–Crippen MR) is 64.7 cm³/mol. The average Bonchev–Trinajstić information content (AvgIpc) is 1.82. The fourth-order valence-electron chi connectivity index (χ4n) is 0.167. The average molecular weight is 212 g/mol. The van der Waals surface area contributed by atoms with E-state index in [0.717, 1.165) is 0 Å². The van der Waals surface area contributed by atoms with Crippen LogP contribution in [0.4, 0.5) is 0 Å². The van der Waals surface area contributed by atoms with Crippen LogP contribution >= 0.6 is 42.2 Å². The van der Waals surface area contributed by atoms with Crippen molar-refractivity contribution in [2.45, 2.75) is 0 Å². The second kappa shape index (κ2) is 5.52. The summed E-state index contributed by atoms with van der Waals surface area (Å²) in [6, 6.07) is 0. The monoisotopic (exact) mass is 212 g/mol. The SMILES string of the molecule is [3H]S(=[B])[Si](S([3H])=[B])(S([3H])=[B])S([3H])=[B]. The Morgan fingerprint density at radius 2 is 1.11 bits per heavy atom. The molecule has 4 unspecified atom stereocenters. The van der Waals surface area contributed by atoms with E-state index >= 15 is 0 Å². The second-order valence-corrected chi connectivity index (χ2v) is 17.7. The van der Waals surface area contributed by atoms with Crippen LogP contribution < -0.4 is 0 Å². The quantitative estimate of drug-likeness (QED) is 0.354. The molecule has 44 valence electrons. The number of rotatable bonds is 4. The molecule has 0 aliphatic rings. The molecule has 0 spiro atoms. The van der Waals surface area contributed by atoms with Gasteiger partial charge in [0.25, 0.3) is 0 Å². The van der Waals surface area contributed by atoms with Gasteiger partial charge in [0.05, 0.1) is 0 Å². The molecule has 0 N–H and O–H groups in total. The van der Waals surface area contributed by atoms with Gasteiger partial charge in [-0.05, 0) is 0 Å². The fraction of sp³-hybridized carbons (Fsp3) is 0. The Morgan fingerprint density at radius 1 is 0.889 bits per heavy atom. The summed E-state index contributed by atoms with van der Waals surface area (Å²) >= 11 is 0. The van der Waals surface area contributed by atoms with Crippen molar-refractivity contribution in [1.82, 2.24) is 0 Å². The van der Waals surface area contributed by atoms with Gasteiger partial charge in [0.2, 0.25) is 0 Å². The summed E-state index contributed by atoms with van der Waals surface area (Å²) in [5.74, 6) is 0. The van der Waals surface area contributed by atoms with E-state index < -0.39 is 46.8 Å². The van der Waals surface area contributed by atoms with Gasteiger partial charge in [-0.1, -0.05) is 0 Å². The molecule has 4 radical (unpaired) electrons. The van der Waals surface area contributed by atoms with Crippen LogP contribution in [0, 0.1) is 0 Å². The first-order valence-electron chi connectivity index (χ1n) is 3.39. The molecule has 4 atom stereocenters. The number of hydrogen-bond donors (Lipinski definition) is 4. The van der Waals surface area contributed by atoms with Gasteiger partial charge in [0, 0.05) is 0 Å². The van der Waals surface area contributed by atoms with Crippen LogP contribution in [0.15, 0.2) is 0 Å². The third-order valence-corrected chi connectivity index (χ3v) is 15.6. The van der Waals surface area contributed by atoms with Crippen LogP contribution in [0.1, 0.15) is 0 Å². The number of hydrogen-bond acceptors (Lipinski definition) is 0. The van der Waals surface area contributed by atoms with Crippen LogP contribution in [0.2, 0.25) is 0 Å². The Hall–Kier alpha value is 1.88. The topological polar surface area (TPSA) is 0 Å². The second-order valence-electron chi connectivity index (χ2n) is 0.971. The molecule has 0 aliphatic carbocycles. The van der Waals surface area contributed by atoms with Crippen molar-refractivity contribution in [1.29, 1.82) is 4.50 Å². The van der Waals surface area contributed by atoms with E-state index in [-0.39, 0.29) is 0 Å². The van der Waals surface area contributed by atoms with Crippen LogP contribution in [0.3, 0.4) is 0 Å². The molecule has 9 heavy (non-hydrogen) atoms. The van der Waals surface area contributed by atoms with E-state index in [9.17, 15) is 0 Å². The molecule has 0 fully saturated rings. The molecular formula is H4B4S4Si. The minimum absolute atomic E-state index is 1.51. The van der Waals surface area contributed by atoms with Crippen LogP contribution in [0.5, 0.6) is 0 Å². The van der Waals surface area contributed by atoms with Gasteiger partial charge in [0.15, 0.2) is 0 Å². The molecule has 0 aromatic heterocycles. The van der Waals surface area contributed by atoms with Gasteiger partial charge >= 0.3 is 78.2 Å². The standard InChI is InChI=1S/B4H4S4Si/c1-5-9(6-2,7-3)8-4/h5-8H/i5T,6T,7T,8T. The summed E-state index contributed by atoms with van der Waals surface area (Å²) < 4.78 is 26.2. The summed E-state index contributed by atoms with van der Waals surface area (Å²) in [5.41, 5.74) is 0. The summed E-state index contributed by atoms with van der Waals surface area (Å²) in [7, 11) is -6.06. The fourth-order valence-corrected chi connectivity index (χ4v) is 4.50. The van der Waals surface area contributed by atoms with E-state index in [2.05, 4.69) is 0 Å². The van der Waals surface area contributed by atoms with Crippen LogP contribution in [-0.4, -0.2) is 36.1 Å². The van der Waals surface area contributed by atoms with E-state index in [1.165, 1.54) is 0 Å². The Kier molecular flexibility index (Phi) is 3.38. The third kappa shape index (κ3) is 3.18. The summed E-state index contributed by atoms with van der Waals surface area (Å²) in [4.78, 5) is 0. The number of thiol groups is 4. The Balaban J connectivity index is 5.60. The predicted octanol–water partition coefficient (Wildman–Crippen LogP) is -0.382. The van der Waals surface area contributed by atoms with Crippen molar-refractivity contribution in [2.75, 3.05) is 0 Å². The molecule has 0 aliphatic heterocycles. The van der Waals surface area contributed by atoms with Crippen molar-refractivity contribution >= 4 is 73.7 Å². The van der Waals surface area contributed by atoms with E-state index in [1.807, 2.05) is 0 Å². The molecule has 0 aromatic carbocycles. The molecule has 0 saturated carbocycles. The van der Waals surface area contributed by atoms with Gasteiger partial charge in [0.1, 0.15) is 0 Å². The zero-order valence-electron chi connectivity index (χ0n) is 8.44.